The number of carbonyl (C=O) groups is 1. The van der Waals surface area contributed by atoms with Crippen LogP contribution in [0.25, 0.3) is 0 Å². The van der Waals surface area contributed by atoms with Crippen LogP contribution in [-0.4, -0.2) is 37.2 Å². The molecule has 2 heterocycles. The number of nitrogens with one attached hydrogen (secondary N) is 1. The number of anilines is 2. The van der Waals surface area contributed by atoms with Crippen molar-refractivity contribution in [2.45, 2.75) is 13.8 Å². The lowest BCUT2D eigenvalue weighted by Crippen LogP contribution is -2.36. The second-order valence-electron chi connectivity index (χ2n) is 5.75. The van der Waals surface area contributed by atoms with Crippen LogP contribution in [-0.2, 0) is 4.74 Å². The summed E-state index contributed by atoms with van der Waals surface area (Å²) in [4.78, 5) is 18.8. The van der Waals surface area contributed by atoms with Gasteiger partial charge in [0.15, 0.2) is 0 Å². The van der Waals surface area contributed by atoms with Gasteiger partial charge in [-0.2, -0.15) is 0 Å². The van der Waals surface area contributed by atoms with Gasteiger partial charge in [0.25, 0.3) is 5.91 Å². The number of ether oxygens (including phenoxy) is 1. The summed E-state index contributed by atoms with van der Waals surface area (Å²) in [6.07, 6.45) is 1.75. The molecule has 0 aliphatic carbocycles. The van der Waals surface area contributed by atoms with Gasteiger partial charge in [-0.05, 0) is 49.2 Å². The van der Waals surface area contributed by atoms with Crippen molar-refractivity contribution in [1.29, 1.82) is 0 Å². The second kappa shape index (κ2) is 6.79. The predicted molar refractivity (Wildman–Crippen MR) is 91.1 cm³/mol. The topological polar surface area (TPSA) is 54.5 Å². The molecule has 0 radical (unpaired) electrons. The third-order valence-electron chi connectivity index (χ3n) is 4.12. The molecule has 23 heavy (non-hydrogen) atoms. The van der Waals surface area contributed by atoms with E-state index in [1.54, 1.807) is 12.3 Å². The molecular weight excluding hydrogens is 290 g/mol. The zero-order valence-electron chi connectivity index (χ0n) is 13.5. The normalized spacial score (nSPS) is 14.6. The van der Waals surface area contributed by atoms with Crippen molar-refractivity contribution in [2.24, 2.45) is 0 Å². The van der Waals surface area contributed by atoms with Crippen molar-refractivity contribution < 1.29 is 9.53 Å². The summed E-state index contributed by atoms with van der Waals surface area (Å²) in [5, 5.41) is 2.89. The van der Waals surface area contributed by atoms with E-state index in [1.165, 1.54) is 5.56 Å². The molecule has 1 aromatic heterocycles. The molecule has 1 aromatic carbocycles. The van der Waals surface area contributed by atoms with Crippen LogP contribution in [0.3, 0.4) is 0 Å². The van der Waals surface area contributed by atoms with Gasteiger partial charge in [0.1, 0.15) is 5.69 Å². The summed E-state index contributed by atoms with van der Waals surface area (Å²) in [5.74, 6) is -0.193. The Morgan fingerprint density at radius 2 is 1.91 bits per heavy atom. The van der Waals surface area contributed by atoms with Gasteiger partial charge in [0.2, 0.25) is 0 Å². The molecule has 1 amide bonds. The average molecular weight is 311 g/mol. The summed E-state index contributed by atoms with van der Waals surface area (Å²) in [5.41, 5.74) is 4.59. The number of amides is 1. The molecule has 1 aliphatic rings. The maximum absolute atomic E-state index is 12.3. The highest BCUT2D eigenvalue weighted by atomic mass is 16.5. The first-order valence-corrected chi connectivity index (χ1v) is 7.81. The van der Waals surface area contributed by atoms with Gasteiger partial charge in [-0.25, -0.2) is 4.98 Å². The van der Waals surface area contributed by atoms with Gasteiger partial charge < -0.3 is 15.0 Å². The van der Waals surface area contributed by atoms with Crippen molar-refractivity contribution >= 4 is 17.3 Å². The lowest BCUT2D eigenvalue weighted by Gasteiger charge is -2.28. The minimum Gasteiger partial charge on any atom is -0.378 e. The fourth-order valence-electron chi connectivity index (χ4n) is 2.54. The molecule has 0 atom stereocenters. The first-order valence-electron chi connectivity index (χ1n) is 7.81. The lowest BCUT2D eigenvalue weighted by atomic mass is 10.1. The molecule has 3 rings (SSSR count). The van der Waals surface area contributed by atoms with Gasteiger partial charge in [-0.15, -0.1) is 0 Å². The van der Waals surface area contributed by atoms with E-state index in [9.17, 15) is 4.79 Å². The quantitative estimate of drug-likeness (QED) is 0.947. The minimum absolute atomic E-state index is 0.193. The molecular formula is C18H21N3O2. The molecule has 120 valence electrons. The maximum atomic E-state index is 12.3. The first kappa shape index (κ1) is 15.5. The molecule has 1 N–H and O–H groups in total. The van der Waals surface area contributed by atoms with E-state index in [-0.39, 0.29) is 5.91 Å². The van der Waals surface area contributed by atoms with Crippen LogP contribution < -0.4 is 10.2 Å². The van der Waals surface area contributed by atoms with Crippen molar-refractivity contribution in [3.05, 3.63) is 53.3 Å². The van der Waals surface area contributed by atoms with Crippen molar-refractivity contribution in [1.82, 2.24) is 4.98 Å². The van der Waals surface area contributed by atoms with E-state index in [2.05, 4.69) is 15.2 Å². The van der Waals surface area contributed by atoms with E-state index >= 15 is 0 Å². The van der Waals surface area contributed by atoms with E-state index in [1.807, 2.05) is 38.1 Å². The van der Waals surface area contributed by atoms with Gasteiger partial charge >= 0.3 is 0 Å². The Morgan fingerprint density at radius 3 is 2.57 bits per heavy atom. The number of hydrogen-bond donors (Lipinski definition) is 1. The van der Waals surface area contributed by atoms with Gasteiger partial charge in [-0.3, -0.25) is 4.79 Å². The lowest BCUT2D eigenvalue weighted by molar-refractivity contribution is 0.102. The summed E-state index contributed by atoms with van der Waals surface area (Å²) in [6, 6.07) is 9.58. The number of nitrogens with zero attached hydrogens (tertiary/aromatic N) is 2. The Bertz CT molecular complexity index is 692. The van der Waals surface area contributed by atoms with E-state index in [4.69, 9.17) is 4.74 Å². The van der Waals surface area contributed by atoms with Crippen LogP contribution in [0.1, 0.15) is 21.6 Å². The van der Waals surface area contributed by atoms with E-state index in [0.29, 0.717) is 5.69 Å². The standard InChI is InChI=1S/C18H21N3O2/c1-13-3-4-15(11-14(13)2)20-18(22)17-6-5-16(12-19-17)21-7-9-23-10-8-21/h3-6,11-12H,7-10H2,1-2H3,(H,20,22). The molecule has 0 saturated carbocycles. The molecule has 0 spiro atoms. The zero-order chi connectivity index (χ0) is 16.2. The summed E-state index contributed by atoms with van der Waals surface area (Å²) >= 11 is 0. The highest BCUT2D eigenvalue weighted by Crippen LogP contribution is 2.17. The minimum atomic E-state index is -0.193. The maximum Gasteiger partial charge on any atom is 0.274 e. The molecule has 2 aromatic rings. The smallest absolute Gasteiger partial charge is 0.274 e. The van der Waals surface area contributed by atoms with Crippen molar-refractivity contribution in [3.8, 4) is 0 Å². The largest absolute Gasteiger partial charge is 0.378 e. The molecule has 1 saturated heterocycles. The Morgan fingerprint density at radius 1 is 1.13 bits per heavy atom. The Hall–Kier alpha value is -2.40. The third-order valence-corrected chi connectivity index (χ3v) is 4.12. The second-order valence-corrected chi connectivity index (χ2v) is 5.75. The van der Waals surface area contributed by atoms with Crippen molar-refractivity contribution in [2.75, 3.05) is 36.5 Å². The number of pyridine rings is 1. The van der Waals surface area contributed by atoms with Crippen LogP contribution in [0.2, 0.25) is 0 Å². The van der Waals surface area contributed by atoms with Gasteiger partial charge in [0.05, 0.1) is 25.1 Å². The fourth-order valence-corrected chi connectivity index (χ4v) is 2.54. The monoisotopic (exact) mass is 311 g/mol. The highest BCUT2D eigenvalue weighted by molar-refractivity contribution is 6.03. The summed E-state index contributed by atoms with van der Waals surface area (Å²) in [6.45, 7) is 7.25. The number of benzene rings is 1. The fraction of sp³-hybridized carbons (Fsp3) is 0.333. The molecule has 1 fully saturated rings. The van der Waals surface area contributed by atoms with Crippen molar-refractivity contribution in [3.63, 3.8) is 0 Å². The Balaban J connectivity index is 1.68. The van der Waals surface area contributed by atoms with Gasteiger partial charge in [-0.1, -0.05) is 6.07 Å². The molecule has 5 heteroatoms. The number of aromatic nitrogens is 1. The third kappa shape index (κ3) is 3.68. The van der Waals surface area contributed by atoms with Crippen LogP contribution in [0.15, 0.2) is 36.5 Å². The van der Waals surface area contributed by atoms with Gasteiger partial charge in [0, 0.05) is 18.8 Å². The number of morpholine rings is 1. The zero-order valence-corrected chi connectivity index (χ0v) is 13.5. The Labute approximate surface area is 136 Å². The van der Waals surface area contributed by atoms with E-state index in [0.717, 1.165) is 43.2 Å². The molecule has 1 aliphatic heterocycles. The number of carbonyl (C=O) groups excluding carboxylic acids is 1. The number of hydrogen-bond acceptors (Lipinski definition) is 4. The predicted octanol–water partition coefficient (Wildman–Crippen LogP) is 2.79. The highest BCUT2D eigenvalue weighted by Gasteiger charge is 2.13. The van der Waals surface area contributed by atoms with Crippen LogP contribution in [0.5, 0.6) is 0 Å². The number of rotatable bonds is 3. The molecule has 0 bridgehead atoms. The molecule has 5 nitrogen and oxygen atoms in total. The number of aryl methyl sites for hydroxylation is 2. The average Bonchev–Trinajstić information content (AvgIpc) is 2.59. The van der Waals surface area contributed by atoms with E-state index < -0.39 is 0 Å². The molecule has 0 unspecified atom stereocenters. The van der Waals surface area contributed by atoms with Crippen LogP contribution >= 0.6 is 0 Å². The van der Waals surface area contributed by atoms with Crippen LogP contribution in [0, 0.1) is 13.8 Å². The Kier molecular flexibility index (Phi) is 4.57. The summed E-state index contributed by atoms with van der Waals surface area (Å²) < 4.78 is 5.34. The first-order chi connectivity index (χ1) is 11.1. The van der Waals surface area contributed by atoms with Crippen LogP contribution in [0.4, 0.5) is 11.4 Å². The summed E-state index contributed by atoms with van der Waals surface area (Å²) in [7, 11) is 0. The SMILES string of the molecule is Cc1ccc(NC(=O)c2ccc(N3CCOCC3)cn2)cc1C.